The van der Waals surface area contributed by atoms with E-state index in [1.807, 2.05) is 31.2 Å². The van der Waals surface area contributed by atoms with Gasteiger partial charge in [0.25, 0.3) is 0 Å². The number of anilines is 1. The normalized spacial score (nSPS) is 10.8. The van der Waals surface area contributed by atoms with E-state index < -0.39 is 11.3 Å². The summed E-state index contributed by atoms with van der Waals surface area (Å²) in [6, 6.07) is 7.52. The molecule has 1 aromatic rings. The zero-order valence-corrected chi connectivity index (χ0v) is 14.2. The molecule has 6 heteroatoms. The van der Waals surface area contributed by atoms with E-state index in [-0.39, 0.29) is 24.9 Å². The highest BCUT2D eigenvalue weighted by Gasteiger charge is 2.21. The van der Waals surface area contributed by atoms with E-state index in [9.17, 15) is 14.4 Å². The first-order valence-electron chi connectivity index (χ1n) is 7.66. The van der Waals surface area contributed by atoms with Gasteiger partial charge >= 0.3 is 0 Å². The molecule has 0 saturated carbocycles. The van der Waals surface area contributed by atoms with Gasteiger partial charge in [-0.15, -0.1) is 0 Å². The molecule has 23 heavy (non-hydrogen) atoms. The summed E-state index contributed by atoms with van der Waals surface area (Å²) >= 11 is 0. The number of carbonyl (C=O) groups excluding carboxylic acids is 3. The van der Waals surface area contributed by atoms with E-state index >= 15 is 0 Å². The Bertz CT molecular complexity index is 577. The molecule has 0 aliphatic rings. The molecule has 1 aromatic carbocycles. The summed E-state index contributed by atoms with van der Waals surface area (Å²) in [5, 5.41) is 7.78. The fourth-order valence-electron chi connectivity index (χ4n) is 1.81. The number of benzene rings is 1. The Morgan fingerprint density at radius 1 is 0.957 bits per heavy atom. The summed E-state index contributed by atoms with van der Waals surface area (Å²) < 4.78 is 0. The van der Waals surface area contributed by atoms with Gasteiger partial charge < -0.3 is 16.0 Å². The van der Waals surface area contributed by atoms with Gasteiger partial charge in [0, 0.05) is 11.1 Å². The van der Waals surface area contributed by atoms with Crippen molar-refractivity contribution in [3.8, 4) is 0 Å². The molecule has 0 bridgehead atoms. The minimum Gasteiger partial charge on any atom is -0.347 e. The largest absolute Gasteiger partial charge is 0.347 e. The van der Waals surface area contributed by atoms with Crippen LogP contribution in [0.4, 0.5) is 5.69 Å². The fraction of sp³-hybridized carbons (Fsp3) is 0.471. The number of hydrogen-bond donors (Lipinski definition) is 3. The van der Waals surface area contributed by atoms with Crippen LogP contribution < -0.4 is 16.0 Å². The number of nitrogens with one attached hydrogen (secondary N) is 3. The SMILES string of the molecule is CCc1ccccc1NC(=O)CNC(=O)CNC(=O)C(C)(C)C. The molecule has 0 aliphatic heterocycles. The van der Waals surface area contributed by atoms with Crippen LogP contribution in [-0.4, -0.2) is 30.8 Å². The topological polar surface area (TPSA) is 87.3 Å². The van der Waals surface area contributed by atoms with Gasteiger partial charge in [0.15, 0.2) is 0 Å². The highest BCUT2D eigenvalue weighted by Crippen LogP contribution is 2.15. The van der Waals surface area contributed by atoms with E-state index in [4.69, 9.17) is 0 Å². The quantitative estimate of drug-likeness (QED) is 0.742. The van der Waals surface area contributed by atoms with Crippen molar-refractivity contribution in [1.82, 2.24) is 10.6 Å². The molecule has 0 aliphatic carbocycles. The van der Waals surface area contributed by atoms with Crippen molar-refractivity contribution in [2.24, 2.45) is 5.41 Å². The Hall–Kier alpha value is -2.37. The predicted octanol–water partition coefficient (Wildman–Crippen LogP) is 1.47. The van der Waals surface area contributed by atoms with Crippen molar-refractivity contribution in [3.05, 3.63) is 29.8 Å². The van der Waals surface area contributed by atoms with Gasteiger partial charge in [-0.2, -0.15) is 0 Å². The van der Waals surface area contributed by atoms with E-state index in [1.54, 1.807) is 20.8 Å². The standard InChI is InChI=1S/C17H25N3O3/c1-5-12-8-6-7-9-13(12)20-15(22)11-18-14(21)10-19-16(23)17(2,3)4/h6-9H,5,10-11H2,1-4H3,(H,18,21)(H,19,23)(H,20,22). The Kier molecular flexibility index (Phi) is 6.75. The average Bonchev–Trinajstić information content (AvgIpc) is 2.50. The number of rotatable bonds is 6. The van der Waals surface area contributed by atoms with Crippen LogP contribution in [0.3, 0.4) is 0 Å². The maximum Gasteiger partial charge on any atom is 0.243 e. The maximum atomic E-state index is 11.9. The van der Waals surface area contributed by atoms with Crippen molar-refractivity contribution in [2.45, 2.75) is 34.1 Å². The third kappa shape index (κ3) is 6.50. The van der Waals surface area contributed by atoms with Crippen LogP contribution in [-0.2, 0) is 20.8 Å². The van der Waals surface area contributed by atoms with E-state index in [0.29, 0.717) is 0 Å². The Morgan fingerprint density at radius 2 is 1.57 bits per heavy atom. The van der Waals surface area contributed by atoms with Crippen LogP contribution in [0.1, 0.15) is 33.3 Å². The third-order valence-electron chi connectivity index (χ3n) is 3.21. The van der Waals surface area contributed by atoms with Crippen molar-refractivity contribution < 1.29 is 14.4 Å². The first kappa shape index (κ1) is 18.7. The third-order valence-corrected chi connectivity index (χ3v) is 3.21. The molecule has 1 rings (SSSR count). The lowest BCUT2D eigenvalue weighted by Crippen LogP contribution is -2.43. The number of carbonyl (C=O) groups is 3. The van der Waals surface area contributed by atoms with E-state index in [2.05, 4.69) is 16.0 Å². The lowest BCUT2D eigenvalue weighted by molar-refractivity contribution is -0.131. The summed E-state index contributed by atoms with van der Waals surface area (Å²) in [6.45, 7) is 7.01. The van der Waals surface area contributed by atoms with Crippen LogP contribution in [0.5, 0.6) is 0 Å². The monoisotopic (exact) mass is 319 g/mol. The lowest BCUT2D eigenvalue weighted by Gasteiger charge is -2.17. The number of aryl methyl sites for hydroxylation is 1. The van der Waals surface area contributed by atoms with Gasteiger partial charge in [-0.05, 0) is 18.1 Å². The van der Waals surface area contributed by atoms with Gasteiger partial charge in [0.2, 0.25) is 17.7 Å². The smallest absolute Gasteiger partial charge is 0.243 e. The predicted molar refractivity (Wildman–Crippen MR) is 89.9 cm³/mol. The van der Waals surface area contributed by atoms with Crippen molar-refractivity contribution >= 4 is 23.4 Å². The molecule has 0 radical (unpaired) electrons. The van der Waals surface area contributed by atoms with Gasteiger partial charge in [-0.3, -0.25) is 14.4 Å². The number of para-hydroxylation sites is 1. The Morgan fingerprint density at radius 3 is 2.17 bits per heavy atom. The summed E-state index contributed by atoms with van der Waals surface area (Å²) in [6.07, 6.45) is 0.807. The molecule has 0 fully saturated rings. The minimum absolute atomic E-state index is 0.137. The first-order valence-corrected chi connectivity index (χ1v) is 7.66. The molecule has 0 saturated heterocycles. The van der Waals surface area contributed by atoms with Gasteiger partial charge in [-0.25, -0.2) is 0 Å². The zero-order valence-electron chi connectivity index (χ0n) is 14.2. The number of amides is 3. The highest BCUT2D eigenvalue weighted by molar-refractivity contribution is 5.95. The minimum atomic E-state index is -0.554. The average molecular weight is 319 g/mol. The molecule has 3 amide bonds. The van der Waals surface area contributed by atoms with Crippen LogP contribution in [0, 0.1) is 5.41 Å². The second-order valence-corrected chi connectivity index (χ2v) is 6.27. The molecular weight excluding hydrogens is 294 g/mol. The second-order valence-electron chi connectivity index (χ2n) is 6.27. The van der Waals surface area contributed by atoms with Crippen LogP contribution in [0.25, 0.3) is 0 Å². The molecule has 0 unspecified atom stereocenters. The zero-order chi connectivity index (χ0) is 17.5. The molecule has 6 nitrogen and oxygen atoms in total. The second kappa shape index (κ2) is 8.31. The van der Waals surface area contributed by atoms with Crippen molar-refractivity contribution in [1.29, 1.82) is 0 Å². The molecule has 3 N–H and O–H groups in total. The molecule has 0 atom stereocenters. The summed E-state index contributed by atoms with van der Waals surface area (Å²) in [7, 11) is 0. The van der Waals surface area contributed by atoms with Crippen molar-refractivity contribution in [3.63, 3.8) is 0 Å². The van der Waals surface area contributed by atoms with Gasteiger partial charge in [0.1, 0.15) is 0 Å². The lowest BCUT2D eigenvalue weighted by atomic mass is 9.96. The molecular formula is C17H25N3O3. The first-order chi connectivity index (χ1) is 10.7. The maximum absolute atomic E-state index is 11.9. The summed E-state index contributed by atoms with van der Waals surface area (Å²) in [5.41, 5.74) is 1.22. The Labute approximate surface area is 137 Å². The molecule has 0 spiro atoms. The summed E-state index contributed by atoms with van der Waals surface area (Å²) in [4.78, 5) is 35.2. The van der Waals surface area contributed by atoms with E-state index in [1.165, 1.54) is 0 Å². The van der Waals surface area contributed by atoms with Crippen LogP contribution >= 0.6 is 0 Å². The molecule has 0 heterocycles. The van der Waals surface area contributed by atoms with Gasteiger partial charge in [0.05, 0.1) is 13.1 Å². The summed E-state index contributed by atoms with van der Waals surface area (Å²) in [5.74, 6) is -0.920. The molecule has 0 aromatic heterocycles. The fourth-order valence-corrected chi connectivity index (χ4v) is 1.81. The molecule has 126 valence electrons. The van der Waals surface area contributed by atoms with Gasteiger partial charge in [-0.1, -0.05) is 45.9 Å². The van der Waals surface area contributed by atoms with Crippen LogP contribution in [0.2, 0.25) is 0 Å². The van der Waals surface area contributed by atoms with Crippen LogP contribution in [0.15, 0.2) is 24.3 Å². The highest BCUT2D eigenvalue weighted by atomic mass is 16.2. The number of hydrogen-bond acceptors (Lipinski definition) is 3. The van der Waals surface area contributed by atoms with E-state index in [0.717, 1.165) is 17.7 Å². The van der Waals surface area contributed by atoms with Crippen molar-refractivity contribution in [2.75, 3.05) is 18.4 Å². The Balaban J connectivity index is 2.38.